The minimum absolute atomic E-state index is 0.0362. The predicted octanol–water partition coefficient (Wildman–Crippen LogP) is 4.37. The van der Waals surface area contributed by atoms with E-state index in [1.54, 1.807) is 0 Å². The van der Waals surface area contributed by atoms with E-state index in [-0.39, 0.29) is 18.9 Å². The van der Waals surface area contributed by atoms with Gasteiger partial charge in [0.05, 0.1) is 7.11 Å². The summed E-state index contributed by atoms with van der Waals surface area (Å²) in [5.41, 5.74) is 4.57. The van der Waals surface area contributed by atoms with Crippen molar-refractivity contribution in [3.63, 3.8) is 0 Å². The van der Waals surface area contributed by atoms with Crippen LogP contribution in [0.4, 0.5) is 4.79 Å². The van der Waals surface area contributed by atoms with E-state index < -0.39 is 18.1 Å². The van der Waals surface area contributed by atoms with E-state index in [4.69, 9.17) is 9.47 Å². The zero-order valence-electron chi connectivity index (χ0n) is 14.9. The Morgan fingerprint density at radius 1 is 1.11 bits per heavy atom. The number of ether oxygens (including phenoxy) is 2. The van der Waals surface area contributed by atoms with Crippen LogP contribution in [0.5, 0.6) is 0 Å². The van der Waals surface area contributed by atoms with Crippen LogP contribution in [0.1, 0.15) is 23.5 Å². The highest BCUT2D eigenvalue weighted by molar-refractivity contribution is 9.11. The summed E-state index contributed by atoms with van der Waals surface area (Å²) in [6, 6.07) is 15.4. The van der Waals surface area contributed by atoms with Crippen LogP contribution in [-0.4, -0.2) is 31.8 Å². The maximum absolute atomic E-state index is 12.2. The molecule has 0 unspecified atom stereocenters. The number of nitrogens with one attached hydrogen (secondary N) is 1. The Labute approximate surface area is 166 Å². The Balaban J connectivity index is 1.70. The normalized spacial score (nSPS) is 13.3. The third kappa shape index (κ3) is 4.22. The van der Waals surface area contributed by atoms with Crippen molar-refractivity contribution in [1.82, 2.24) is 5.32 Å². The number of fused-ring (bicyclic) bond motifs is 3. The highest BCUT2D eigenvalue weighted by Gasteiger charge is 2.29. The molecule has 5 nitrogen and oxygen atoms in total. The molecule has 0 aromatic heterocycles. The number of hydrogen-bond acceptors (Lipinski definition) is 4. The first-order valence-corrected chi connectivity index (χ1v) is 9.33. The molecule has 140 valence electrons. The van der Waals surface area contributed by atoms with Crippen molar-refractivity contribution in [2.24, 2.45) is 0 Å². The molecule has 3 rings (SSSR count). The summed E-state index contributed by atoms with van der Waals surface area (Å²) in [5, 5.41) is 2.54. The van der Waals surface area contributed by atoms with Gasteiger partial charge in [0.25, 0.3) is 0 Å². The first kappa shape index (κ1) is 19.2. The molecule has 2 aromatic carbocycles. The molecule has 27 heavy (non-hydrogen) atoms. The number of hydrogen-bond donors (Lipinski definition) is 1. The maximum Gasteiger partial charge on any atom is 0.407 e. The molecule has 2 aromatic rings. The summed E-state index contributed by atoms with van der Waals surface area (Å²) in [7, 11) is 1.27. The Bertz CT molecular complexity index is 834. The summed E-state index contributed by atoms with van der Waals surface area (Å²) < 4.78 is 10.7. The smallest absolute Gasteiger partial charge is 0.407 e. The first-order chi connectivity index (χ1) is 13.0. The molecule has 1 amide bonds. The monoisotopic (exact) mass is 429 g/mol. The van der Waals surface area contributed by atoms with Crippen molar-refractivity contribution >= 4 is 28.0 Å². The second-order valence-electron chi connectivity index (χ2n) is 6.27. The van der Waals surface area contributed by atoms with Gasteiger partial charge < -0.3 is 14.8 Å². The fourth-order valence-electron chi connectivity index (χ4n) is 3.34. The van der Waals surface area contributed by atoms with Crippen LogP contribution in [0.3, 0.4) is 0 Å². The predicted molar refractivity (Wildman–Crippen MR) is 107 cm³/mol. The Morgan fingerprint density at radius 3 is 2.19 bits per heavy atom. The standard InChI is InChI=1S/C21H20BrNO4/c1-13(22)11-19(20(24)26-2)23-21(25)27-12-18-16-9-5-3-7-14(16)15-8-4-6-10-17(15)18/h3-10,18-19H,1,11-12H2,2H3,(H,23,25)/t19-/m1/s1. The fourth-order valence-corrected chi connectivity index (χ4v) is 3.66. The Hall–Kier alpha value is -2.60. The average Bonchev–Trinajstić information content (AvgIpc) is 2.99. The molecule has 1 aliphatic rings. The molecular formula is C21H20BrNO4. The van der Waals surface area contributed by atoms with Crippen molar-refractivity contribution in [3.8, 4) is 11.1 Å². The highest BCUT2D eigenvalue weighted by atomic mass is 79.9. The number of rotatable bonds is 6. The zero-order valence-corrected chi connectivity index (χ0v) is 16.5. The highest BCUT2D eigenvalue weighted by Crippen LogP contribution is 2.44. The van der Waals surface area contributed by atoms with Gasteiger partial charge in [-0.2, -0.15) is 0 Å². The van der Waals surface area contributed by atoms with Gasteiger partial charge in [0.2, 0.25) is 0 Å². The number of halogens is 1. The molecular weight excluding hydrogens is 410 g/mol. The van der Waals surface area contributed by atoms with Gasteiger partial charge in [0.1, 0.15) is 12.6 Å². The Kier molecular flexibility index (Phi) is 5.96. The lowest BCUT2D eigenvalue weighted by Gasteiger charge is -2.18. The van der Waals surface area contributed by atoms with E-state index in [9.17, 15) is 9.59 Å². The molecule has 0 fully saturated rings. The molecule has 0 radical (unpaired) electrons. The lowest BCUT2D eigenvalue weighted by Crippen LogP contribution is -2.42. The molecule has 0 spiro atoms. The van der Waals surface area contributed by atoms with Gasteiger partial charge in [-0.3, -0.25) is 0 Å². The van der Waals surface area contributed by atoms with Crippen molar-refractivity contribution in [2.45, 2.75) is 18.4 Å². The molecule has 0 saturated heterocycles. The van der Waals surface area contributed by atoms with E-state index in [0.717, 1.165) is 22.3 Å². The molecule has 0 bridgehead atoms. The molecule has 0 saturated carbocycles. The largest absolute Gasteiger partial charge is 0.467 e. The van der Waals surface area contributed by atoms with Gasteiger partial charge in [0.15, 0.2) is 0 Å². The number of alkyl carbamates (subject to hydrolysis) is 1. The maximum atomic E-state index is 12.2. The summed E-state index contributed by atoms with van der Waals surface area (Å²) in [4.78, 5) is 24.1. The topological polar surface area (TPSA) is 64.6 Å². The third-order valence-corrected chi connectivity index (χ3v) is 4.87. The van der Waals surface area contributed by atoms with Crippen LogP contribution in [0.15, 0.2) is 59.6 Å². The quantitative estimate of drug-likeness (QED) is 0.692. The molecule has 1 N–H and O–H groups in total. The van der Waals surface area contributed by atoms with E-state index in [1.165, 1.54) is 7.11 Å². The van der Waals surface area contributed by atoms with Gasteiger partial charge in [-0.05, 0) is 26.7 Å². The Morgan fingerprint density at radius 2 is 1.67 bits per heavy atom. The minimum atomic E-state index is -0.850. The van der Waals surface area contributed by atoms with Crippen LogP contribution in [0.2, 0.25) is 0 Å². The van der Waals surface area contributed by atoms with Crippen molar-refractivity contribution in [1.29, 1.82) is 0 Å². The van der Waals surface area contributed by atoms with E-state index in [0.29, 0.717) is 4.48 Å². The molecule has 0 heterocycles. The van der Waals surface area contributed by atoms with Gasteiger partial charge in [-0.25, -0.2) is 9.59 Å². The number of carbonyl (C=O) groups is 2. The van der Waals surface area contributed by atoms with Gasteiger partial charge in [-0.15, -0.1) is 0 Å². The summed E-state index contributed by atoms with van der Waals surface area (Å²) in [5.74, 6) is -0.588. The minimum Gasteiger partial charge on any atom is -0.467 e. The van der Waals surface area contributed by atoms with Crippen LogP contribution >= 0.6 is 15.9 Å². The molecule has 6 heteroatoms. The zero-order chi connectivity index (χ0) is 19.4. The second kappa shape index (κ2) is 8.39. The van der Waals surface area contributed by atoms with Crippen LogP contribution in [0, 0.1) is 0 Å². The van der Waals surface area contributed by atoms with Crippen molar-refractivity contribution in [2.75, 3.05) is 13.7 Å². The van der Waals surface area contributed by atoms with Gasteiger partial charge in [0, 0.05) is 12.3 Å². The van der Waals surface area contributed by atoms with E-state index in [1.807, 2.05) is 36.4 Å². The average molecular weight is 430 g/mol. The lowest BCUT2D eigenvalue weighted by molar-refractivity contribution is -0.142. The summed E-state index contributed by atoms with van der Waals surface area (Å²) in [6.07, 6.45) is -0.447. The first-order valence-electron chi connectivity index (χ1n) is 8.54. The molecule has 0 aliphatic heterocycles. The number of amides is 1. The van der Waals surface area contributed by atoms with E-state index >= 15 is 0 Å². The van der Waals surface area contributed by atoms with E-state index in [2.05, 4.69) is 40.0 Å². The number of methoxy groups -OCH3 is 1. The van der Waals surface area contributed by atoms with Crippen molar-refractivity contribution < 1.29 is 19.1 Å². The molecule has 1 aliphatic carbocycles. The number of benzene rings is 2. The van der Waals surface area contributed by atoms with Crippen molar-refractivity contribution in [3.05, 3.63) is 70.7 Å². The summed E-state index contributed by atoms with van der Waals surface area (Å²) in [6.45, 7) is 3.88. The second-order valence-corrected chi connectivity index (χ2v) is 7.39. The van der Waals surface area contributed by atoms with Crippen LogP contribution < -0.4 is 5.32 Å². The summed E-state index contributed by atoms with van der Waals surface area (Å²) >= 11 is 3.20. The third-order valence-electron chi connectivity index (χ3n) is 4.55. The van der Waals surface area contributed by atoms with Gasteiger partial charge in [-0.1, -0.05) is 71.0 Å². The lowest BCUT2D eigenvalue weighted by atomic mass is 9.98. The van der Waals surface area contributed by atoms with Crippen LogP contribution in [-0.2, 0) is 14.3 Å². The number of esters is 1. The fraction of sp³-hybridized carbons (Fsp3) is 0.238. The number of carbonyl (C=O) groups excluding carboxylic acids is 2. The SMILES string of the molecule is C=C(Br)C[C@@H](NC(=O)OCC1c2ccccc2-c2ccccc21)C(=O)OC. The molecule has 1 atom stereocenters. The van der Waals surface area contributed by atoms with Crippen LogP contribution in [0.25, 0.3) is 11.1 Å². The van der Waals surface area contributed by atoms with Gasteiger partial charge >= 0.3 is 12.1 Å².